The van der Waals surface area contributed by atoms with Crippen molar-refractivity contribution in [3.05, 3.63) is 0 Å². The summed E-state index contributed by atoms with van der Waals surface area (Å²) in [5.41, 5.74) is 5.91. The molecule has 0 saturated carbocycles. The second-order valence-corrected chi connectivity index (χ2v) is 6.85. The lowest BCUT2D eigenvalue weighted by molar-refractivity contribution is 0.0606. The van der Waals surface area contributed by atoms with E-state index in [2.05, 4.69) is 6.92 Å². The molecule has 4 heteroatoms. The number of rotatable bonds is 13. The fourth-order valence-corrected chi connectivity index (χ4v) is 2.72. The molecule has 0 spiro atoms. The summed E-state index contributed by atoms with van der Waals surface area (Å²) in [5.74, 6) is 0.282. The number of nitrogens with two attached hydrogens (primary N) is 1. The first-order chi connectivity index (χ1) is 9.41. The van der Waals surface area contributed by atoms with Crippen LogP contribution in [-0.4, -0.2) is 28.5 Å². The van der Waals surface area contributed by atoms with Crippen molar-refractivity contribution >= 4 is 12.4 Å². The predicted octanol–water partition coefficient (Wildman–Crippen LogP) is 4.04. The molecule has 130 valence electrons. The molecule has 4 N–H and O–H groups in total. The van der Waals surface area contributed by atoms with Gasteiger partial charge in [-0.2, -0.15) is 0 Å². The molecule has 0 fully saturated rings. The van der Waals surface area contributed by atoms with E-state index in [-0.39, 0.29) is 30.5 Å². The average molecular weight is 324 g/mol. The zero-order valence-corrected chi connectivity index (χ0v) is 15.1. The van der Waals surface area contributed by atoms with Gasteiger partial charge in [-0.1, -0.05) is 58.3 Å². The van der Waals surface area contributed by atoms with Gasteiger partial charge in [0.1, 0.15) is 0 Å². The summed E-state index contributed by atoms with van der Waals surface area (Å²) in [6, 6.07) is 0. The Morgan fingerprint density at radius 2 is 1.43 bits per heavy atom. The third-order valence-corrected chi connectivity index (χ3v) is 4.23. The molecule has 0 aliphatic rings. The van der Waals surface area contributed by atoms with Crippen LogP contribution in [0.2, 0.25) is 0 Å². The largest absolute Gasteiger partial charge is 0.394 e. The zero-order valence-electron chi connectivity index (χ0n) is 14.3. The lowest BCUT2D eigenvalue weighted by atomic mass is 9.80. The van der Waals surface area contributed by atoms with E-state index in [1.165, 1.54) is 51.4 Å². The third-order valence-electron chi connectivity index (χ3n) is 4.23. The molecule has 2 unspecified atom stereocenters. The number of hydrogen-bond donors (Lipinski definition) is 3. The number of unbranched alkanes of at least 4 members (excludes halogenated alkanes) is 7. The van der Waals surface area contributed by atoms with Gasteiger partial charge in [0.05, 0.1) is 12.7 Å². The van der Waals surface area contributed by atoms with Crippen LogP contribution in [0.4, 0.5) is 0 Å². The maximum absolute atomic E-state index is 9.61. The molecule has 0 heterocycles. The van der Waals surface area contributed by atoms with Crippen molar-refractivity contribution in [1.29, 1.82) is 0 Å². The Morgan fingerprint density at radius 3 is 1.86 bits per heavy atom. The van der Waals surface area contributed by atoms with Gasteiger partial charge < -0.3 is 15.9 Å². The van der Waals surface area contributed by atoms with Crippen LogP contribution < -0.4 is 5.73 Å². The van der Waals surface area contributed by atoms with E-state index in [9.17, 15) is 5.11 Å². The molecule has 0 aliphatic carbocycles. The minimum atomic E-state index is -0.628. The monoisotopic (exact) mass is 323 g/mol. The molecule has 0 aliphatic heterocycles. The van der Waals surface area contributed by atoms with Gasteiger partial charge in [-0.25, -0.2) is 0 Å². The Bertz CT molecular complexity index is 219. The molecular weight excluding hydrogens is 286 g/mol. The highest BCUT2D eigenvalue weighted by atomic mass is 35.5. The summed E-state index contributed by atoms with van der Waals surface area (Å²) in [7, 11) is 0. The second kappa shape index (κ2) is 13.8. The van der Waals surface area contributed by atoms with E-state index in [1.807, 2.05) is 13.8 Å². The quantitative estimate of drug-likeness (QED) is 0.448. The summed E-state index contributed by atoms with van der Waals surface area (Å²) in [6.07, 6.45) is 11.5. The summed E-state index contributed by atoms with van der Waals surface area (Å²) in [6.45, 7) is 6.12. The highest BCUT2D eigenvalue weighted by Crippen LogP contribution is 2.26. The molecule has 0 aromatic carbocycles. The molecule has 0 saturated heterocycles. The fraction of sp³-hybridized carbons (Fsp3) is 1.00. The van der Waals surface area contributed by atoms with Gasteiger partial charge in [-0.3, -0.25) is 0 Å². The average Bonchev–Trinajstić information content (AvgIpc) is 2.38. The van der Waals surface area contributed by atoms with Crippen LogP contribution in [0.15, 0.2) is 0 Å². The SMILES string of the molecule is CCCCCCCCCCC(CC(O)CO)C(C)(C)N.Cl. The Labute approximate surface area is 138 Å². The first kappa shape index (κ1) is 23.4. The highest BCUT2D eigenvalue weighted by Gasteiger charge is 2.26. The van der Waals surface area contributed by atoms with E-state index in [1.54, 1.807) is 0 Å². The second-order valence-electron chi connectivity index (χ2n) is 6.85. The van der Waals surface area contributed by atoms with Crippen LogP contribution in [0.25, 0.3) is 0 Å². The number of hydrogen-bond acceptors (Lipinski definition) is 3. The van der Waals surface area contributed by atoms with Crippen molar-refractivity contribution in [1.82, 2.24) is 0 Å². The van der Waals surface area contributed by atoms with E-state index >= 15 is 0 Å². The minimum absolute atomic E-state index is 0. The summed E-state index contributed by atoms with van der Waals surface area (Å²) < 4.78 is 0. The van der Waals surface area contributed by atoms with Crippen molar-refractivity contribution in [2.24, 2.45) is 11.7 Å². The smallest absolute Gasteiger partial charge is 0.0774 e. The maximum atomic E-state index is 9.61. The van der Waals surface area contributed by atoms with Crippen LogP contribution in [0.3, 0.4) is 0 Å². The Balaban J connectivity index is 0. The first-order valence-electron chi connectivity index (χ1n) is 8.49. The number of aliphatic hydroxyl groups is 2. The van der Waals surface area contributed by atoms with E-state index in [0.717, 1.165) is 6.42 Å². The first-order valence-corrected chi connectivity index (χ1v) is 8.49. The molecular formula is C17H38ClNO2. The molecule has 0 aromatic heterocycles. The Hall–Kier alpha value is 0.170. The normalized spacial score (nSPS) is 14.6. The standard InChI is InChI=1S/C17H37NO2.ClH/c1-4-5-6-7-8-9-10-11-12-15(17(2,3)18)13-16(20)14-19;/h15-16,19-20H,4-14,18H2,1-3H3;1H. The molecule has 2 atom stereocenters. The maximum Gasteiger partial charge on any atom is 0.0774 e. The van der Waals surface area contributed by atoms with Gasteiger partial charge in [-0.05, 0) is 32.6 Å². The van der Waals surface area contributed by atoms with Crippen LogP contribution in [0, 0.1) is 5.92 Å². The summed E-state index contributed by atoms with van der Waals surface area (Å²) in [5, 5.41) is 18.6. The lowest BCUT2D eigenvalue weighted by Crippen LogP contribution is -2.42. The third kappa shape index (κ3) is 13.5. The van der Waals surface area contributed by atoms with E-state index < -0.39 is 6.10 Å². The van der Waals surface area contributed by atoms with Crippen molar-refractivity contribution in [3.63, 3.8) is 0 Å². The Morgan fingerprint density at radius 1 is 0.952 bits per heavy atom. The molecule has 0 amide bonds. The number of halogens is 1. The number of aliphatic hydroxyl groups excluding tert-OH is 2. The highest BCUT2D eigenvalue weighted by molar-refractivity contribution is 5.85. The molecule has 0 rings (SSSR count). The van der Waals surface area contributed by atoms with Crippen LogP contribution in [-0.2, 0) is 0 Å². The van der Waals surface area contributed by atoms with Gasteiger partial charge in [0.2, 0.25) is 0 Å². The molecule has 0 bridgehead atoms. The van der Waals surface area contributed by atoms with Gasteiger partial charge in [-0.15, -0.1) is 12.4 Å². The summed E-state index contributed by atoms with van der Waals surface area (Å²) in [4.78, 5) is 0. The van der Waals surface area contributed by atoms with Gasteiger partial charge in [0, 0.05) is 5.54 Å². The van der Waals surface area contributed by atoms with Crippen LogP contribution in [0.5, 0.6) is 0 Å². The molecule has 0 radical (unpaired) electrons. The van der Waals surface area contributed by atoms with Crippen molar-refractivity contribution in [2.75, 3.05) is 6.61 Å². The topological polar surface area (TPSA) is 66.5 Å². The van der Waals surface area contributed by atoms with Gasteiger partial charge in [0.25, 0.3) is 0 Å². The van der Waals surface area contributed by atoms with Gasteiger partial charge in [0.15, 0.2) is 0 Å². The Kier molecular flexibility index (Phi) is 15.4. The van der Waals surface area contributed by atoms with Crippen molar-refractivity contribution in [2.45, 2.75) is 96.6 Å². The summed E-state index contributed by atoms with van der Waals surface area (Å²) >= 11 is 0. The van der Waals surface area contributed by atoms with E-state index in [4.69, 9.17) is 10.8 Å². The van der Waals surface area contributed by atoms with Crippen LogP contribution in [0.1, 0.15) is 85.0 Å². The molecule has 21 heavy (non-hydrogen) atoms. The zero-order chi connectivity index (χ0) is 15.4. The lowest BCUT2D eigenvalue weighted by Gasteiger charge is -2.32. The molecule has 3 nitrogen and oxygen atoms in total. The van der Waals surface area contributed by atoms with Crippen molar-refractivity contribution < 1.29 is 10.2 Å². The molecule has 0 aromatic rings. The minimum Gasteiger partial charge on any atom is -0.394 e. The van der Waals surface area contributed by atoms with E-state index in [0.29, 0.717) is 6.42 Å². The van der Waals surface area contributed by atoms with Gasteiger partial charge >= 0.3 is 0 Å². The van der Waals surface area contributed by atoms with Crippen LogP contribution >= 0.6 is 12.4 Å². The van der Waals surface area contributed by atoms with Crippen molar-refractivity contribution in [3.8, 4) is 0 Å². The fourth-order valence-electron chi connectivity index (χ4n) is 2.72. The predicted molar refractivity (Wildman–Crippen MR) is 93.9 cm³/mol.